The molecule has 8 N–H and O–H groups in total. The van der Waals surface area contributed by atoms with Crippen molar-refractivity contribution in [3.63, 3.8) is 0 Å². The summed E-state index contributed by atoms with van der Waals surface area (Å²) in [5.74, 6) is -2.12. The average molecular weight is 683 g/mol. The van der Waals surface area contributed by atoms with Crippen LogP contribution in [0.3, 0.4) is 0 Å². The third-order valence-corrected chi connectivity index (χ3v) is 13.8. The summed E-state index contributed by atoms with van der Waals surface area (Å²) in [6.07, 6.45) is -7.43. The third-order valence-electron chi connectivity index (χ3n) is 13.8. The highest BCUT2D eigenvalue weighted by molar-refractivity contribution is 5.90. The van der Waals surface area contributed by atoms with Crippen LogP contribution < -0.4 is 0 Å². The van der Waals surface area contributed by atoms with Crippen LogP contribution in [0.1, 0.15) is 93.9 Å². The second-order valence-electron chi connectivity index (χ2n) is 17.6. The van der Waals surface area contributed by atoms with Crippen LogP contribution in [0.5, 0.6) is 0 Å². The molecule has 3 saturated carbocycles. The number of fused-ring (bicyclic) bond motifs is 5. The van der Waals surface area contributed by atoms with E-state index in [0.29, 0.717) is 6.42 Å². The Morgan fingerprint density at radius 3 is 2.17 bits per heavy atom. The monoisotopic (exact) mass is 682 g/mol. The summed E-state index contributed by atoms with van der Waals surface area (Å²) in [5, 5.41) is 86.2. The van der Waals surface area contributed by atoms with E-state index in [-0.39, 0.29) is 43.8 Å². The lowest BCUT2D eigenvalue weighted by molar-refractivity contribution is -0.327. The molecule has 0 radical (unpaired) electrons. The van der Waals surface area contributed by atoms with Gasteiger partial charge in [0.1, 0.15) is 35.8 Å². The summed E-state index contributed by atoms with van der Waals surface area (Å²) < 4.78 is 11.8. The number of aliphatic hydroxyl groups is 8. The molecule has 0 spiro atoms. The molecule has 1 heterocycles. The van der Waals surface area contributed by atoms with Crippen molar-refractivity contribution in [2.75, 3.05) is 6.61 Å². The van der Waals surface area contributed by atoms with Gasteiger partial charge in [0.2, 0.25) is 0 Å². The van der Waals surface area contributed by atoms with Crippen LogP contribution in [-0.4, -0.2) is 119 Å². The number of carbonyl (C=O) groups is 2. The maximum atomic E-state index is 14.6. The number of aliphatic hydroxyl groups excluding tert-OH is 6. The minimum absolute atomic E-state index is 0.0260. The van der Waals surface area contributed by atoms with E-state index >= 15 is 0 Å². The smallest absolute Gasteiger partial charge is 0.187 e. The fourth-order valence-corrected chi connectivity index (χ4v) is 11.0. The number of Topliss-reactive ketones (excluding diaryl/α,β-unsaturated/α-hetero) is 2. The van der Waals surface area contributed by atoms with Crippen molar-refractivity contribution in [2.45, 2.75) is 154 Å². The number of hydrogen-bond acceptors (Lipinski definition) is 12. The largest absolute Gasteiger partial charge is 0.394 e. The Morgan fingerprint density at radius 1 is 0.958 bits per heavy atom. The Balaban J connectivity index is 1.47. The number of ketones is 2. The van der Waals surface area contributed by atoms with Crippen LogP contribution in [0.25, 0.3) is 0 Å². The fourth-order valence-electron chi connectivity index (χ4n) is 11.0. The van der Waals surface area contributed by atoms with Gasteiger partial charge in [-0.15, -0.1) is 0 Å². The highest BCUT2D eigenvalue weighted by Crippen LogP contribution is 2.74. The van der Waals surface area contributed by atoms with Crippen molar-refractivity contribution < 1.29 is 59.9 Å². The molecule has 5 rings (SSSR count). The zero-order chi connectivity index (χ0) is 36.2. The van der Waals surface area contributed by atoms with E-state index in [2.05, 4.69) is 13.0 Å². The standard InChI is InChI=1S/C36H58O12/c1-31(2,45)12-11-23(40)36(8,46)28-20(39)14-33(5)22-10-9-17-18(35(22,7)24(41)15-34(28,33)6)13-19(38)29(32(17,3)4)48-30-27(44)26(43)25(42)21(16-37)47-30/h9,18-22,25-30,37-39,42-46H,10-16H2,1-8H3/t18-,19+,20-,21+,22-,25+,26-,27+,28-,29-,30-,33-,34-,35+,36+/m1/s1. The van der Waals surface area contributed by atoms with E-state index in [1.54, 1.807) is 13.8 Å². The van der Waals surface area contributed by atoms with Gasteiger partial charge in [0.05, 0.1) is 30.5 Å². The highest BCUT2D eigenvalue weighted by atomic mass is 16.7. The number of hydrogen-bond donors (Lipinski definition) is 8. The summed E-state index contributed by atoms with van der Waals surface area (Å²) in [7, 11) is 0. The maximum Gasteiger partial charge on any atom is 0.187 e. The van der Waals surface area contributed by atoms with E-state index in [1.807, 2.05) is 27.7 Å². The molecular weight excluding hydrogens is 624 g/mol. The summed E-state index contributed by atoms with van der Waals surface area (Å²) in [4.78, 5) is 28.1. The first-order valence-corrected chi connectivity index (χ1v) is 17.4. The normalized spacial score (nSPS) is 48.5. The SMILES string of the molecule is CC(C)(O)CCC(=O)[C@](C)(O)[C@@H]1[C@H](O)C[C@]2(C)[C@H]3CC=C4[C@@H](C[C@H](O)[C@@H](O[C@H]5O[C@@H](CO)[C@H](O)[C@@H](O)[C@@H]5O)C4(C)C)[C@]3(C)C(=O)C[C@]12C. The lowest BCUT2D eigenvalue weighted by atomic mass is 9.38. The summed E-state index contributed by atoms with van der Waals surface area (Å²) in [6.45, 7) is 13.7. The molecule has 1 aliphatic heterocycles. The number of allylic oxidation sites excluding steroid dienone is 1. The van der Waals surface area contributed by atoms with Gasteiger partial charge < -0.3 is 50.3 Å². The molecule has 0 amide bonds. The van der Waals surface area contributed by atoms with Crippen molar-refractivity contribution >= 4 is 11.6 Å². The Labute approximate surface area is 283 Å². The first kappa shape index (κ1) is 37.9. The Morgan fingerprint density at radius 2 is 1.58 bits per heavy atom. The van der Waals surface area contributed by atoms with Crippen molar-refractivity contribution in [3.05, 3.63) is 11.6 Å². The molecule has 4 aliphatic carbocycles. The zero-order valence-electron chi connectivity index (χ0n) is 29.6. The van der Waals surface area contributed by atoms with Crippen LogP contribution in [0.2, 0.25) is 0 Å². The lowest BCUT2D eigenvalue weighted by Gasteiger charge is -2.65. The zero-order valence-corrected chi connectivity index (χ0v) is 29.6. The van der Waals surface area contributed by atoms with Crippen molar-refractivity contribution in [3.8, 4) is 0 Å². The van der Waals surface area contributed by atoms with Gasteiger partial charge in [0.25, 0.3) is 0 Å². The number of rotatable bonds is 8. The van der Waals surface area contributed by atoms with Crippen molar-refractivity contribution in [1.29, 1.82) is 0 Å². The molecule has 12 nitrogen and oxygen atoms in total. The Hall–Kier alpha value is -1.32. The highest BCUT2D eigenvalue weighted by Gasteiger charge is 2.74. The maximum absolute atomic E-state index is 14.6. The van der Waals surface area contributed by atoms with Gasteiger partial charge in [-0.2, -0.15) is 0 Å². The first-order chi connectivity index (χ1) is 21.9. The molecule has 1 saturated heterocycles. The van der Waals surface area contributed by atoms with Crippen LogP contribution in [0, 0.1) is 39.4 Å². The van der Waals surface area contributed by atoms with Crippen molar-refractivity contribution in [1.82, 2.24) is 0 Å². The van der Waals surface area contributed by atoms with Crippen LogP contribution in [-0.2, 0) is 19.1 Å². The summed E-state index contributed by atoms with van der Waals surface area (Å²) in [5.41, 5.74) is -5.54. The second kappa shape index (κ2) is 12.1. The minimum atomic E-state index is -1.93. The van der Waals surface area contributed by atoms with Gasteiger partial charge in [0.15, 0.2) is 12.1 Å². The van der Waals surface area contributed by atoms with Gasteiger partial charge >= 0.3 is 0 Å². The van der Waals surface area contributed by atoms with Crippen LogP contribution >= 0.6 is 0 Å². The third kappa shape index (κ3) is 5.48. The van der Waals surface area contributed by atoms with E-state index in [9.17, 15) is 50.4 Å². The predicted molar refractivity (Wildman–Crippen MR) is 172 cm³/mol. The molecule has 48 heavy (non-hydrogen) atoms. The van der Waals surface area contributed by atoms with Crippen LogP contribution in [0.4, 0.5) is 0 Å². The average Bonchev–Trinajstić information content (AvgIpc) is 3.18. The molecule has 0 aromatic carbocycles. The molecule has 15 atom stereocenters. The Bertz CT molecular complexity index is 1300. The molecule has 0 aromatic heterocycles. The fraction of sp³-hybridized carbons (Fsp3) is 0.889. The topological polar surface area (TPSA) is 214 Å². The van der Waals surface area contributed by atoms with Crippen molar-refractivity contribution in [2.24, 2.45) is 39.4 Å². The van der Waals surface area contributed by atoms with Gasteiger partial charge in [-0.25, -0.2) is 0 Å². The van der Waals surface area contributed by atoms with E-state index in [0.717, 1.165) is 5.57 Å². The molecule has 12 heteroatoms. The van der Waals surface area contributed by atoms with E-state index in [4.69, 9.17) is 9.47 Å². The summed E-state index contributed by atoms with van der Waals surface area (Å²) in [6, 6.07) is 0. The van der Waals surface area contributed by atoms with E-state index in [1.165, 1.54) is 6.92 Å². The molecule has 274 valence electrons. The molecule has 5 aliphatic rings. The predicted octanol–water partition coefficient (Wildman–Crippen LogP) is 0.769. The lowest BCUT2D eigenvalue weighted by Crippen LogP contribution is -2.66. The number of carbonyl (C=O) groups excluding carboxylic acids is 2. The van der Waals surface area contributed by atoms with Gasteiger partial charge in [-0.1, -0.05) is 46.3 Å². The first-order valence-electron chi connectivity index (χ1n) is 17.4. The van der Waals surface area contributed by atoms with Gasteiger partial charge in [-0.3, -0.25) is 9.59 Å². The second-order valence-corrected chi connectivity index (χ2v) is 17.6. The number of ether oxygens (including phenoxy) is 2. The van der Waals surface area contributed by atoms with Gasteiger partial charge in [-0.05, 0) is 69.1 Å². The molecule has 0 bridgehead atoms. The molecule has 0 aromatic rings. The Kier molecular flexibility index (Phi) is 9.59. The molecular formula is C36H58O12. The van der Waals surface area contributed by atoms with Crippen LogP contribution in [0.15, 0.2) is 11.6 Å². The van der Waals surface area contributed by atoms with E-state index < -0.39 is 106 Å². The van der Waals surface area contributed by atoms with Gasteiger partial charge in [0, 0.05) is 29.6 Å². The molecule has 4 fully saturated rings. The minimum Gasteiger partial charge on any atom is -0.394 e. The quantitative estimate of drug-likeness (QED) is 0.167. The summed E-state index contributed by atoms with van der Waals surface area (Å²) >= 11 is 0. The molecule has 0 unspecified atom stereocenters.